The van der Waals surface area contributed by atoms with E-state index in [0.29, 0.717) is 29.1 Å². The van der Waals surface area contributed by atoms with Gasteiger partial charge in [0, 0.05) is 27.6 Å². The Balaban J connectivity index is 0.000000300. The number of benzene rings is 3. The van der Waals surface area contributed by atoms with Gasteiger partial charge in [0.05, 0.1) is 24.6 Å². The molecule has 0 saturated carbocycles. The molecule has 3 aromatic carbocycles. The minimum Gasteiger partial charge on any atom is -0.384 e. The number of rotatable bonds is 11. The normalized spacial score (nSPS) is 13.6. The molecule has 0 aliphatic carbocycles. The molecule has 0 saturated heterocycles. The molecule has 3 atom stereocenters. The van der Waals surface area contributed by atoms with Crippen molar-refractivity contribution < 1.29 is 23.0 Å². The Kier molecular flexibility index (Phi) is 14.8. The standard InChI is InChI=1S/C18H20Cl2O.C16H17F3N2O.CH4/c1-3-4-18(16-10-9-15(19)11-17(16)20)21-12-14-7-5-13(2)6-8-14;1-3-6-16(22,12-5-4-11(17)7-13(12)18)10(2)15-14(19)8-20-9-21-15;/h5-11,18H,3-4,12H2,1-2H3;4-5,7-10,22H,3,6H2,1-2H3;1H4/t;10-,16+;/m.0./s1. The van der Waals surface area contributed by atoms with Gasteiger partial charge in [-0.1, -0.05) is 106 Å². The second-order valence-corrected chi connectivity index (χ2v) is 11.4. The van der Waals surface area contributed by atoms with Gasteiger partial charge in [-0.2, -0.15) is 0 Å². The van der Waals surface area contributed by atoms with Crippen LogP contribution in [0.1, 0.15) is 93.9 Å². The van der Waals surface area contributed by atoms with Crippen molar-refractivity contribution in [2.45, 2.75) is 85.0 Å². The van der Waals surface area contributed by atoms with E-state index in [2.05, 4.69) is 48.1 Å². The summed E-state index contributed by atoms with van der Waals surface area (Å²) in [5, 5.41) is 12.3. The van der Waals surface area contributed by atoms with Crippen LogP contribution >= 0.6 is 23.2 Å². The third-order valence-corrected chi connectivity index (χ3v) is 7.85. The second kappa shape index (κ2) is 17.5. The highest BCUT2D eigenvalue weighted by Crippen LogP contribution is 2.41. The molecule has 1 N–H and O–H groups in total. The van der Waals surface area contributed by atoms with Crippen molar-refractivity contribution in [3.05, 3.63) is 129 Å². The van der Waals surface area contributed by atoms with Gasteiger partial charge < -0.3 is 9.84 Å². The Morgan fingerprint density at radius 3 is 2.23 bits per heavy atom. The maximum atomic E-state index is 14.1. The van der Waals surface area contributed by atoms with Crippen LogP contribution in [0.2, 0.25) is 10.0 Å². The van der Waals surface area contributed by atoms with Gasteiger partial charge in [0.25, 0.3) is 0 Å². The molecule has 0 bridgehead atoms. The zero-order valence-corrected chi connectivity index (χ0v) is 26.3. The zero-order chi connectivity index (χ0) is 31.6. The van der Waals surface area contributed by atoms with Crippen LogP contribution in [0.25, 0.3) is 0 Å². The fourth-order valence-corrected chi connectivity index (χ4v) is 5.44. The number of aliphatic hydroxyl groups is 1. The van der Waals surface area contributed by atoms with E-state index in [1.165, 1.54) is 23.5 Å². The van der Waals surface area contributed by atoms with E-state index in [0.717, 1.165) is 30.7 Å². The van der Waals surface area contributed by atoms with Crippen molar-refractivity contribution in [1.82, 2.24) is 9.97 Å². The molecule has 0 aliphatic rings. The average Bonchev–Trinajstić information content (AvgIpc) is 2.96. The van der Waals surface area contributed by atoms with Crippen LogP contribution in [0.3, 0.4) is 0 Å². The van der Waals surface area contributed by atoms with Crippen LogP contribution in [0, 0.1) is 24.4 Å². The highest BCUT2D eigenvalue weighted by atomic mass is 35.5. The molecule has 44 heavy (non-hydrogen) atoms. The fraction of sp³-hybridized carbons (Fsp3) is 0.371. The number of aromatic nitrogens is 2. The van der Waals surface area contributed by atoms with Crippen LogP contribution in [-0.4, -0.2) is 15.1 Å². The van der Waals surface area contributed by atoms with E-state index in [9.17, 15) is 18.3 Å². The van der Waals surface area contributed by atoms with Gasteiger partial charge in [-0.05, 0) is 49.1 Å². The van der Waals surface area contributed by atoms with E-state index < -0.39 is 29.0 Å². The lowest BCUT2D eigenvalue weighted by Crippen LogP contribution is -2.34. The number of hydrogen-bond acceptors (Lipinski definition) is 4. The SMILES string of the molecule is C.CCCC(OCc1ccc(C)cc1)c1ccc(Cl)cc1Cl.CCC[C@](O)(c1ccc(F)cc1F)[C@@H](C)c1ncncc1F. The largest absolute Gasteiger partial charge is 0.384 e. The summed E-state index contributed by atoms with van der Waals surface area (Å²) in [6, 6.07) is 17.0. The second-order valence-electron chi connectivity index (χ2n) is 10.5. The highest BCUT2D eigenvalue weighted by Gasteiger charge is 2.40. The third kappa shape index (κ3) is 9.77. The van der Waals surface area contributed by atoms with Crippen molar-refractivity contribution in [3.8, 4) is 0 Å². The van der Waals surface area contributed by atoms with E-state index in [-0.39, 0.29) is 31.2 Å². The van der Waals surface area contributed by atoms with Gasteiger partial charge in [0.1, 0.15) is 23.6 Å². The Morgan fingerprint density at radius 2 is 1.64 bits per heavy atom. The van der Waals surface area contributed by atoms with Crippen LogP contribution < -0.4 is 0 Å². The maximum Gasteiger partial charge on any atom is 0.163 e. The van der Waals surface area contributed by atoms with Crippen molar-refractivity contribution in [2.75, 3.05) is 0 Å². The summed E-state index contributed by atoms with van der Waals surface area (Å²) >= 11 is 12.3. The molecule has 0 radical (unpaired) electrons. The zero-order valence-electron chi connectivity index (χ0n) is 24.8. The molecule has 0 fully saturated rings. The summed E-state index contributed by atoms with van der Waals surface area (Å²) in [5.74, 6) is -3.10. The van der Waals surface area contributed by atoms with Gasteiger partial charge >= 0.3 is 0 Å². The van der Waals surface area contributed by atoms with E-state index in [1.54, 1.807) is 13.0 Å². The van der Waals surface area contributed by atoms with Crippen molar-refractivity contribution in [2.24, 2.45) is 0 Å². The van der Waals surface area contributed by atoms with Crippen molar-refractivity contribution >= 4 is 23.2 Å². The first-order valence-electron chi connectivity index (χ1n) is 14.3. The van der Waals surface area contributed by atoms with E-state index in [1.807, 2.05) is 19.1 Å². The molecular weight excluding hydrogens is 608 g/mol. The number of ether oxygens (including phenoxy) is 1. The number of nitrogens with zero attached hydrogens (tertiary/aromatic N) is 2. The lowest BCUT2D eigenvalue weighted by Gasteiger charge is -2.34. The molecule has 4 rings (SSSR count). The first-order chi connectivity index (χ1) is 20.5. The van der Waals surface area contributed by atoms with Gasteiger partial charge in [-0.3, -0.25) is 0 Å². The van der Waals surface area contributed by atoms with Gasteiger partial charge in [0.2, 0.25) is 0 Å². The summed E-state index contributed by atoms with van der Waals surface area (Å²) in [6.07, 6.45) is 4.85. The molecule has 0 amide bonds. The lowest BCUT2D eigenvalue weighted by molar-refractivity contribution is -0.00259. The molecule has 238 valence electrons. The van der Waals surface area contributed by atoms with E-state index in [4.69, 9.17) is 27.9 Å². The number of aryl methyl sites for hydroxylation is 1. The minimum atomic E-state index is -1.69. The molecule has 4 nitrogen and oxygen atoms in total. The minimum absolute atomic E-state index is 0. The van der Waals surface area contributed by atoms with Gasteiger partial charge in [-0.25, -0.2) is 23.1 Å². The summed E-state index contributed by atoms with van der Waals surface area (Å²) in [6.45, 7) is 8.19. The topological polar surface area (TPSA) is 55.2 Å². The highest BCUT2D eigenvalue weighted by molar-refractivity contribution is 6.35. The van der Waals surface area contributed by atoms with Crippen molar-refractivity contribution in [1.29, 1.82) is 0 Å². The molecule has 0 aliphatic heterocycles. The van der Waals surface area contributed by atoms with E-state index >= 15 is 0 Å². The molecule has 1 aromatic heterocycles. The predicted octanol–water partition coefficient (Wildman–Crippen LogP) is 10.7. The molecule has 0 spiro atoms. The lowest BCUT2D eigenvalue weighted by atomic mass is 9.77. The molecule has 4 aromatic rings. The first-order valence-corrected chi connectivity index (χ1v) is 15.0. The Labute approximate surface area is 269 Å². The summed E-state index contributed by atoms with van der Waals surface area (Å²) in [4.78, 5) is 7.42. The monoisotopic (exact) mass is 648 g/mol. The van der Waals surface area contributed by atoms with Crippen LogP contribution in [0.15, 0.2) is 73.2 Å². The quantitative estimate of drug-likeness (QED) is 0.176. The average molecular weight is 650 g/mol. The predicted molar refractivity (Wildman–Crippen MR) is 172 cm³/mol. The summed E-state index contributed by atoms with van der Waals surface area (Å²) in [7, 11) is 0. The molecule has 9 heteroatoms. The smallest absolute Gasteiger partial charge is 0.163 e. The Morgan fingerprint density at radius 1 is 0.932 bits per heavy atom. The summed E-state index contributed by atoms with van der Waals surface area (Å²) in [5.41, 5.74) is 1.67. The number of hydrogen-bond donors (Lipinski definition) is 1. The molecule has 1 heterocycles. The third-order valence-electron chi connectivity index (χ3n) is 7.28. The Hall–Kier alpha value is -2.97. The van der Waals surface area contributed by atoms with Crippen LogP contribution in [0.5, 0.6) is 0 Å². The maximum absolute atomic E-state index is 14.1. The molecule has 1 unspecified atom stereocenters. The van der Waals surface area contributed by atoms with Crippen LogP contribution in [-0.2, 0) is 16.9 Å². The van der Waals surface area contributed by atoms with Gasteiger partial charge in [-0.15, -0.1) is 0 Å². The molecular formula is C35H41Cl2F3N2O2. The number of halogens is 5. The van der Waals surface area contributed by atoms with Crippen LogP contribution in [0.4, 0.5) is 13.2 Å². The fourth-order valence-electron chi connectivity index (χ4n) is 4.91. The first kappa shape index (κ1) is 37.2. The summed E-state index contributed by atoms with van der Waals surface area (Å²) < 4.78 is 47.2. The Bertz CT molecular complexity index is 1470. The van der Waals surface area contributed by atoms with Crippen molar-refractivity contribution in [3.63, 3.8) is 0 Å². The van der Waals surface area contributed by atoms with Gasteiger partial charge in [0.15, 0.2) is 5.82 Å².